The van der Waals surface area contributed by atoms with Gasteiger partial charge >= 0.3 is 6.18 Å². The fourth-order valence-electron chi connectivity index (χ4n) is 4.32. The molecule has 1 aromatic carbocycles. The van der Waals surface area contributed by atoms with Gasteiger partial charge in [-0.1, -0.05) is 19.0 Å². The molecule has 0 spiro atoms. The number of ether oxygens (including phenoxy) is 1. The van der Waals surface area contributed by atoms with Crippen molar-refractivity contribution in [1.82, 2.24) is 20.0 Å². The first-order chi connectivity index (χ1) is 16.6. The first kappa shape index (κ1) is 24.6. The summed E-state index contributed by atoms with van der Waals surface area (Å²) in [5.74, 6) is -0.336. The van der Waals surface area contributed by atoms with Gasteiger partial charge in [-0.05, 0) is 49.9 Å². The molecule has 3 heterocycles. The van der Waals surface area contributed by atoms with Gasteiger partial charge in [0.2, 0.25) is 5.88 Å². The lowest BCUT2D eigenvalue weighted by Crippen LogP contribution is -2.45. The largest absolute Gasteiger partial charge is 0.472 e. The monoisotopic (exact) mass is 492 g/mol. The summed E-state index contributed by atoms with van der Waals surface area (Å²) >= 11 is 0. The summed E-state index contributed by atoms with van der Waals surface area (Å²) in [7, 11) is 0. The van der Waals surface area contributed by atoms with E-state index in [1.807, 2.05) is 13.8 Å². The van der Waals surface area contributed by atoms with E-state index in [9.17, 15) is 22.4 Å². The number of carbonyl (C=O) groups is 1. The van der Waals surface area contributed by atoms with Crippen molar-refractivity contribution in [2.45, 2.75) is 51.9 Å². The summed E-state index contributed by atoms with van der Waals surface area (Å²) in [6.07, 6.45) is -3.17. The molecule has 3 atom stereocenters. The number of rotatable bonds is 6. The second-order valence-electron chi connectivity index (χ2n) is 8.65. The number of amides is 1. The summed E-state index contributed by atoms with van der Waals surface area (Å²) in [6.45, 7) is 5.91. The van der Waals surface area contributed by atoms with E-state index in [0.717, 1.165) is 12.3 Å². The fraction of sp³-hybridized carbons (Fsp3) is 0.417. The summed E-state index contributed by atoms with van der Waals surface area (Å²) in [5.41, 5.74) is -0.478. The van der Waals surface area contributed by atoms with E-state index in [-0.39, 0.29) is 40.8 Å². The van der Waals surface area contributed by atoms with Crippen molar-refractivity contribution in [3.05, 3.63) is 59.3 Å². The molecule has 3 unspecified atom stereocenters. The maximum atomic E-state index is 14.0. The highest BCUT2D eigenvalue weighted by Gasteiger charge is 2.40. The number of hydrogen-bond donors (Lipinski definition) is 0. The van der Waals surface area contributed by atoms with Crippen molar-refractivity contribution < 1.29 is 31.6 Å². The number of carbonyl (C=O) groups excluding carboxylic acids is 1. The maximum Gasteiger partial charge on any atom is 0.417 e. The highest BCUT2D eigenvalue weighted by atomic mass is 19.4. The zero-order valence-electron chi connectivity index (χ0n) is 19.3. The van der Waals surface area contributed by atoms with Crippen LogP contribution in [0.5, 0.6) is 5.88 Å². The van der Waals surface area contributed by atoms with E-state index in [4.69, 9.17) is 9.26 Å². The van der Waals surface area contributed by atoms with Crippen LogP contribution in [-0.2, 0) is 6.18 Å². The van der Waals surface area contributed by atoms with Gasteiger partial charge in [0.05, 0.1) is 22.7 Å². The molecular weight excluding hydrogens is 468 g/mol. The van der Waals surface area contributed by atoms with E-state index >= 15 is 0 Å². The van der Waals surface area contributed by atoms with Crippen LogP contribution in [0, 0.1) is 18.7 Å². The molecular formula is C24H24F4N4O3. The van der Waals surface area contributed by atoms with Gasteiger partial charge in [-0.25, -0.2) is 9.37 Å². The van der Waals surface area contributed by atoms with Gasteiger partial charge in [-0.3, -0.25) is 4.79 Å². The number of pyridine rings is 1. The van der Waals surface area contributed by atoms with Gasteiger partial charge in [-0.15, -0.1) is 0 Å². The minimum Gasteiger partial charge on any atom is -0.472 e. The minimum atomic E-state index is -4.50. The maximum absolute atomic E-state index is 14.0. The number of halogens is 4. The van der Waals surface area contributed by atoms with Crippen LogP contribution < -0.4 is 4.74 Å². The number of aryl methyl sites for hydroxylation is 1. The van der Waals surface area contributed by atoms with E-state index in [1.54, 1.807) is 11.8 Å². The summed E-state index contributed by atoms with van der Waals surface area (Å²) in [6, 6.07) is 5.46. The molecule has 1 aliphatic heterocycles. The van der Waals surface area contributed by atoms with Crippen molar-refractivity contribution in [2.75, 3.05) is 6.54 Å². The number of likely N-dealkylation sites (tertiary alicyclic amines) is 1. The molecule has 2 aromatic heterocycles. The summed E-state index contributed by atoms with van der Waals surface area (Å²) in [4.78, 5) is 23.2. The predicted molar refractivity (Wildman–Crippen MR) is 117 cm³/mol. The Morgan fingerprint density at radius 1 is 1.29 bits per heavy atom. The van der Waals surface area contributed by atoms with Crippen LogP contribution in [0.15, 0.2) is 41.1 Å². The topological polar surface area (TPSA) is 81.4 Å². The zero-order chi connectivity index (χ0) is 25.3. The second kappa shape index (κ2) is 9.63. The minimum absolute atomic E-state index is 0.0337. The number of hydrogen-bond acceptors (Lipinski definition) is 6. The number of nitrogens with zero attached hydrogens (tertiary/aromatic N) is 4. The predicted octanol–water partition coefficient (Wildman–Crippen LogP) is 5.31. The summed E-state index contributed by atoms with van der Waals surface area (Å²) in [5, 5.41) is 3.73. The quantitative estimate of drug-likeness (QED) is 0.434. The SMILES string of the molecule is CCC(Oc1ccc(C(F)(F)F)cn1)C1CC(C)CN1C(=O)c1ccc(F)cc1-c1nc(C)no1. The first-order valence-electron chi connectivity index (χ1n) is 11.2. The van der Waals surface area contributed by atoms with Crippen molar-refractivity contribution in [3.63, 3.8) is 0 Å². The van der Waals surface area contributed by atoms with Crippen LogP contribution in [0.4, 0.5) is 17.6 Å². The molecule has 1 saturated heterocycles. The van der Waals surface area contributed by atoms with Crippen LogP contribution >= 0.6 is 0 Å². The molecule has 1 amide bonds. The van der Waals surface area contributed by atoms with Gasteiger partial charge < -0.3 is 14.2 Å². The van der Waals surface area contributed by atoms with Crippen LogP contribution in [0.3, 0.4) is 0 Å². The molecule has 186 valence electrons. The lowest BCUT2D eigenvalue weighted by molar-refractivity contribution is -0.137. The number of benzene rings is 1. The van der Waals surface area contributed by atoms with Gasteiger partial charge in [0.25, 0.3) is 11.8 Å². The van der Waals surface area contributed by atoms with E-state index in [0.29, 0.717) is 25.2 Å². The molecule has 4 rings (SSSR count). The first-order valence-corrected chi connectivity index (χ1v) is 11.2. The Balaban J connectivity index is 1.61. The average molecular weight is 492 g/mol. The smallest absolute Gasteiger partial charge is 0.417 e. The molecule has 1 aliphatic rings. The van der Waals surface area contributed by atoms with E-state index < -0.39 is 23.7 Å². The Labute approximate surface area is 199 Å². The van der Waals surface area contributed by atoms with Gasteiger partial charge in [0.15, 0.2) is 5.82 Å². The third-order valence-electron chi connectivity index (χ3n) is 5.95. The van der Waals surface area contributed by atoms with Crippen LogP contribution in [-0.4, -0.2) is 44.6 Å². The van der Waals surface area contributed by atoms with Crippen LogP contribution in [0.25, 0.3) is 11.5 Å². The van der Waals surface area contributed by atoms with Crippen molar-refractivity contribution in [2.24, 2.45) is 5.92 Å². The number of alkyl halides is 3. The Kier molecular flexibility index (Phi) is 6.77. The van der Waals surface area contributed by atoms with E-state index in [2.05, 4.69) is 15.1 Å². The van der Waals surface area contributed by atoms with Crippen LogP contribution in [0.1, 0.15) is 48.4 Å². The Morgan fingerprint density at radius 2 is 2.06 bits per heavy atom. The average Bonchev–Trinajstić information content (AvgIpc) is 3.42. The van der Waals surface area contributed by atoms with Crippen molar-refractivity contribution in [1.29, 1.82) is 0 Å². The lowest BCUT2D eigenvalue weighted by Gasteiger charge is -2.31. The van der Waals surface area contributed by atoms with Crippen LogP contribution in [0.2, 0.25) is 0 Å². The molecule has 0 radical (unpaired) electrons. The van der Waals surface area contributed by atoms with E-state index in [1.165, 1.54) is 24.3 Å². The molecule has 35 heavy (non-hydrogen) atoms. The molecule has 0 aliphatic carbocycles. The van der Waals surface area contributed by atoms with Crippen molar-refractivity contribution in [3.8, 4) is 17.3 Å². The van der Waals surface area contributed by atoms with Gasteiger partial charge in [-0.2, -0.15) is 18.2 Å². The third kappa shape index (κ3) is 5.28. The normalized spacial score (nSPS) is 19.1. The highest BCUT2D eigenvalue weighted by Crippen LogP contribution is 2.33. The fourth-order valence-corrected chi connectivity index (χ4v) is 4.32. The molecule has 0 bridgehead atoms. The third-order valence-corrected chi connectivity index (χ3v) is 5.95. The molecule has 1 fully saturated rings. The molecule has 11 heteroatoms. The Hall–Kier alpha value is -3.50. The van der Waals surface area contributed by atoms with Gasteiger partial charge in [0.1, 0.15) is 11.9 Å². The lowest BCUT2D eigenvalue weighted by atomic mass is 10.0. The Bertz CT molecular complexity index is 1200. The molecule has 3 aromatic rings. The second-order valence-corrected chi connectivity index (χ2v) is 8.65. The molecule has 0 saturated carbocycles. The zero-order valence-corrected chi connectivity index (χ0v) is 19.3. The van der Waals surface area contributed by atoms with Crippen molar-refractivity contribution >= 4 is 5.91 Å². The number of aromatic nitrogens is 3. The van der Waals surface area contributed by atoms with Gasteiger partial charge in [0, 0.05) is 18.8 Å². The highest BCUT2D eigenvalue weighted by molar-refractivity contribution is 6.00. The standard InChI is InChI=1S/C24H24F4N4O3/c1-4-20(34-21-8-5-15(11-29-21)24(26,27)28)19-9-13(2)12-32(19)23(33)17-7-6-16(25)10-18(17)22-30-14(3)31-35-22/h5-8,10-11,13,19-20H,4,9,12H2,1-3H3. The molecule has 7 nitrogen and oxygen atoms in total. The summed E-state index contributed by atoms with van der Waals surface area (Å²) < 4.78 is 63.7. The molecule has 0 N–H and O–H groups in total. The Morgan fingerprint density at radius 3 is 2.66 bits per heavy atom.